The van der Waals surface area contributed by atoms with Gasteiger partial charge < -0.3 is 0 Å². The van der Waals surface area contributed by atoms with Crippen molar-refractivity contribution in [3.8, 4) is 0 Å². The molecule has 0 spiro atoms. The first-order valence-electron chi connectivity index (χ1n) is 6.04. The van der Waals surface area contributed by atoms with Crippen molar-refractivity contribution in [1.82, 2.24) is 0 Å². The zero-order chi connectivity index (χ0) is 14.5. The van der Waals surface area contributed by atoms with E-state index in [1.165, 1.54) is 24.8 Å². The molecule has 0 saturated heterocycles. The molecule has 5 heteroatoms. The first-order chi connectivity index (χ1) is 9.58. The summed E-state index contributed by atoms with van der Waals surface area (Å²) in [5.41, 5.74) is 1.45. The van der Waals surface area contributed by atoms with Crippen LogP contribution in [0.4, 0.5) is 5.69 Å². The number of Topliss-reactive ketones (excluding diaryl/α,β-unsaturated/α-hetero) is 1. The average molecular weight is 287 g/mol. The van der Waals surface area contributed by atoms with Crippen LogP contribution in [-0.2, 0) is 5.75 Å². The minimum Gasteiger partial charge on any atom is -0.295 e. The van der Waals surface area contributed by atoms with E-state index in [2.05, 4.69) is 0 Å². The lowest BCUT2D eigenvalue weighted by Crippen LogP contribution is -1.94. The third-order valence-electron chi connectivity index (χ3n) is 2.82. The highest BCUT2D eigenvalue weighted by atomic mass is 32.2. The van der Waals surface area contributed by atoms with E-state index in [1.54, 1.807) is 24.3 Å². The van der Waals surface area contributed by atoms with Crippen LogP contribution in [-0.4, -0.2) is 10.7 Å². The van der Waals surface area contributed by atoms with E-state index in [9.17, 15) is 14.9 Å². The predicted octanol–water partition coefficient (Wildman–Crippen LogP) is 4.09. The first kappa shape index (κ1) is 14.3. The van der Waals surface area contributed by atoms with Gasteiger partial charge >= 0.3 is 0 Å². The summed E-state index contributed by atoms with van der Waals surface area (Å²) in [6, 6.07) is 14.0. The van der Waals surface area contributed by atoms with Crippen LogP contribution in [0.5, 0.6) is 0 Å². The molecule has 0 unspecified atom stereocenters. The predicted molar refractivity (Wildman–Crippen MR) is 79.1 cm³/mol. The fourth-order valence-electron chi connectivity index (χ4n) is 1.78. The summed E-state index contributed by atoms with van der Waals surface area (Å²) in [7, 11) is 0. The summed E-state index contributed by atoms with van der Waals surface area (Å²) in [5.74, 6) is 0.511. The van der Waals surface area contributed by atoms with Gasteiger partial charge in [0, 0.05) is 27.8 Å². The van der Waals surface area contributed by atoms with E-state index in [-0.39, 0.29) is 16.4 Å². The monoisotopic (exact) mass is 287 g/mol. The lowest BCUT2D eigenvalue weighted by molar-refractivity contribution is -0.385. The molecular weight excluding hydrogens is 274 g/mol. The molecule has 0 aliphatic carbocycles. The van der Waals surface area contributed by atoms with Crippen LogP contribution in [0.25, 0.3) is 0 Å². The van der Waals surface area contributed by atoms with E-state index >= 15 is 0 Å². The van der Waals surface area contributed by atoms with Crippen molar-refractivity contribution < 1.29 is 9.72 Å². The Morgan fingerprint density at radius 1 is 1.20 bits per heavy atom. The summed E-state index contributed by atoms with van der Waals surface area (Å²) in [6.07, 6.45) is 0. The van der Waals surface area contributed by atoms with Gasteiger partial charge in [0.05, 0.1) is 4.92 Å². The average Bonchev–Trinajstić information content (AvgIpc) is 2.45. The molecule has 0 heterocycles. The Morgan fingerprint density at radius 2 is 1.95 bits per heavy atom. The summed E-state index contributed by atoms with van der Waals surface area (Å²) in [5, 5.41) is 10.9. The second-order valence-electron chi connectivity index (χ2n) is 4.26. The smallest absolute Gasteiger partial charge is 0.273 e. The SMILES string of the molecule is CC(=O)c1cccc(SCc2ccccc2[N+](=O)[O-])c1. The maximum Gasteiger partial charge on any atom is 0.273 e. The fraction of sp³-hybridized carbons (Fsp3) is 0.133. The molecule has 20 heavy (non-hydrogen) atoms. The second kappa shape index (κ2) is 6.34. The lowest BCUT2D eigenvalue weighted by atomic mass is 10.2. The Bertz CT molecular complexity index is 655. The number of benzene rings is 2. The molecule has 2 aromatic carbocycles. The summed E-state index contributed by atoms with van der Waals surface area (Å²) in [4.78, 5) is 22.8. The number of carbonyl (C=O) groups excluding carboxylic acids is 1. The van der Waals surface area contributed by atoms with Crippen LogP contribution in [0.2, 0.25) is 0 Å². The molecule has 0 aliphatic heterocycles. The Kier molecular flexibility index (Phi) is 4.53. The Labute approximate surface area is 121 Å². The molecular formula is C15H13NO3S. The van der Waals surface area contributed by atoms with Gasteiger partial charge in [0.25, 0.3) is 5.69 Å². The van der Waals surface area contributed by atoms with Gasteiger partial charge in [-0.15, -0.1) is 11.8 Å². The number of carbonyl (C=O) groups is 1. The number of nitro benzene ring substituents is 1. The zero-order valence-corrected chi connectivity index (χ0v) is 11.7. The lowest BCUT2D eigenvalue weighted by Gasteiger charge is -2.04. The van der Waals surface area contributed by atoms with Crippen molar-refractivity contribution in [3.05, 3.63) is 69.8 Å². The molecule has 0 bridgehead atoms. The van der Waals surface area contributed by atoms with E-state index in [4.69, 9.17) is 0 Å². The van der Waals surface area contributed by atoms with Crippen molar-refractivity contribution in [2.75, 3.05) is 0 Å². The quantitative estimate of drug-likeness (QED) is 0.359. The number of hydrogen-bond acceptors (Lipinski definition) is 4. The number of para-hydroxylation sites is 1. The topological polar surface area (TPSA) is 60.2 Å². The third kappa shape index (κ3) is 3.45. The van der Waals surface area contributed by atoms with Crippen molar-refractivity contribution in [3.63, 3.8) is 0 Å². The molecule has 0 fully saturated rings. The Morgan fingerprint density at radius 3 is 2.65 bits per heavy atom. The highest BCUT2D eigenvalue weighted by molar-refractivity contribution is 7.98. The highest BCUT2D eigenvalue weighted by Gasteiger charge is 2.12. The van der Waals surface area contributed by atoms with Crippen LogP contribution in [0, 0.1) is 10.1 Å². The van der Waals surface area contributed by atoms with Gasteiger partial charge in [-0.25, -0.2) is 0 Å². The fourth-order valence-corrected chi connectivity index (χ4v) is 2.73. The molecule has 0 saturated carbocycles. The molecule has 2 rings (SSSR count). The number of nitro groups is 1. The summed E-state index contributed by atoms with van der Waals surface area (Å²) >= 11 is 1.48. The summed E-state index contributed by atoms with van der Waals surface area (Å²) < 4.78 is 0. The third-order valence-corrected chi connectivity index (χ3v) is 3.87. The Hall–Kier alpha value is -2.14. The molecule has 0 aliphatic rings. The van der Waals surface area contributed by atoms with Crippen molar-refractivity contribution in [2.45, 2.75) is 17.6 Å². The van der Waals surface area contributed by atoms with Crippen LogP contribution >= 0.6 is 11.8 Å². The number of rotatable bonds is 5. The van der Waals surface area contributed by atoms with Crippen LogP contribution in [0.15, 0.2) is 53.4 Å². The van der Waals surface area contributed by atoms with Crippen LogP contribution in [0.3, 0.4) is 0 Å². The number of ketones is 1. The molecule has 0 N–H and O–H groups in total. The van der Waals surface area contributed by atoms with Crippen LogP contribution in [0.1, 0.15) is 22.8 Å². The second-order valence-corrected chi connectivity index (χ2v) is 5.31. The van der Waals surface area contributed by atoms with Gasteiger partial charge in [-0.1, -0.05) is 30.3 Å². The zero-order valence-electron chi connectivity index (χ0n) is 10.9. The molecule has 102 valence electrons. The molecule has 4 nitrogen and oxygen atoms in total. The minimum atomic E-state index is -0.373. The van der Waals surface area contributed by atoms with Gasteiger partial charge in [0.2, 0.25) is 0 Å². The Balaban J connectivity index is 2.15. The number of hydrogen-bond donors (Lipinski definition) is 0. The number of thioether (sulfide) groups is 1. The van der Waals surface area contributed by atoms with Gasteiger partial charge in [0.1, 0.15) is 0 Å². The van der Waals surface area contributed by atoms with Gasteiger partial charge in [-0.05, 0) is 19.1 Å². The van der Waals surface area contributed by atoms with E-state index in [0.29, 0.717) is 16.9 Å². The van der Waals surface area contributed by atoms with Gasteiger partial charge in [-0.3, -0.25) is 14.9 Å². The molecule has 0 amide bonds. The van der Waals surface area contributed by atoms with E-state index in [0.717, 1.165) is 4.90 Å². The van der Waals surface area contributed by atoms with Crippen LogP contribution < -0.4 is 0 Å². The van der Waals surface area contributed by atoms with Gasteiger partial charge in [0.15, 0.2) is 5.78 Å². The standard InChI is InChI=1S/C15H13NO3S/c1-11(17)12-6-4-7-14(9-12)20-10-13-5-2-3-8-15(13)16(18)19/h2-9H,10H2,1H3. The molecule has 2 aromatic rings. The number of nitrogens with zero attached hydrogens (tertiary/aromatic N) is 1. The molecule has 0 aromatic heterocycles. The minimum absolute atomic E-state index is 0.0122. The maximum absolute atomic E-state index is 11.3. The maximum atomic E-state index is 11.3. The highest BCUT2D eigenvalue weighted by Crippen LogP contribution is 2.28. The molecule has 0 atom stereocenters. The van der Waals surface area contributed by atoms with Crippen molar-refractivity contribution in [1.29, 1.82) is 0 Å². The summed E-state index contributed by atoms with van der Waals surface area (Å²) in [6.45, 7) is 1.52. The van der Waals surface area contributed by atoms with Gasteiger partial charge in [-0.2, -0.15) is 0 Å². The van der Waals surface area contributed by atoms with E-state index < -0.39 is 0 Å². The normalized spacial score (nSPS) is 10.2. The molecule has 0 radical (unpaired) electrons. The largest absolute Gasteiger partial charge is 0.295 e. The van der Waals surface area contributed by atoms with Crippen molar-refractivity contribution in [2.24, 2.45) is 0 Å². The van der Waals surface area contributed by atoms with E-state index in [1.807, 2.05) is 18.2 Å². The first-order valence-corrected chi connectivity index (χ1v) is 7.02. The van der Waals surface area contributed by atoms with Crippen molar-refractivity contribution >= 4 is 23.2 Å².